The molecule has 0 bridgehead atoms. The third-order valence-corrected chi connectivity index (χ3v) is 4.09. The summed E-state index contributed by atoms with van der Waals surface area (Å²) in [5.41, 5.74) is 7.88. The van der Waals surface area contributed by atoms with Gasteiger partial charge in [-0.25, -0.2) is 4.98 Å². The van der Waals surface area contributed by atoms with Gasteiger partial charge in [0.2, 0.25) is 0 Å². The molecule has 1 unspecified atom stereocenters. The molecule has 4 nitrogen and oxygen atoms in total. The van der Waals surface area contributed by atoms with Gasteiger partial charge in [-0.15, -0.1) is 11.3 Å². The second kappa shape index (κ2) is 6.14. The summed E-state index contributed by atoms with van der Waals surface area (Å²) in [4.78, 5) is 5.69. The van der Waals surface area contributed by atoms with E-state index in [1.54, 1.807) is 25.6 Å². The standard InChI is InChI=1S/C14H18N2O2S/c1-9(15)13-11(8-17-2)16-14(19-13)10-6-4-5-7-12(10)18-3/h4-7,9H,8,15H2,1-3H3. The van der Waals surface area contributed by atoms with E-state index in [9.17, 15) is 0 Å². The maximum absolute atomic E-state index is 5.99. The highest BCUT2D eigenvalue weighted by atomic mass is 32.1. The van der Waals surface area contributed by atoms with Crippen molar-refractivity contribution >= 4 is 11.3 Å². The number of nitrogens with zero attached hydrogens (tertiary/aromatic N) is 1. The molecule has 0 saturated heterocycles. The Bertz CT molecular complexity index is 552. The summed E-state index contributed by atoms with van der Waals surface area (Å²) in [5, 5.41) is 0.914. The van der Waals surface area contributed by atoms with Gasteiger partial charge in [-0.3, -0.25) is 0 Å². The van der Waals surface area contributed by atoms with Gasteiger partial charge in [-0.05, 0) is 19.1 Å². The highest BCUT2D eigenvalue weighted by Gasteiger charge is 2.17. The molecular weight excluding hydrogens is 260 g/mol. The molecule has 5 heteroatoms. The number of rotatable bonds is 5. The molecule has 2 N–H and O–H groups in total. The van der Waals surface area contributed by atoms with E-state index in [1.807, 2.05) is 31.2 Å². The Labute approximate surface area is 117 Å². The number of benzene rings is 1. The lowest BCUT2D eigenvalue weighted by atomic mass is 10.2. The molecule has 102 valence electrons. The molecule has 0 fully saturated rings. The Morgan fingerprint density at radius 2 is 2.05 bits per heavy atom. The number of hydrogen-bond acceptors (Lipinski definition) is 5. The van der Waals surface area contributed by atoms with Crippen molar-refractivity contribution < 1.29 is 9.47 Å². The van der Waals surface area contributed by atoms with Crippen molar-refractivity contribution in [1.29, 1.82) is 0 Å². The van der Waals surface area contributed by atoms with Crippen LogP contribution in [0.1, 0.15) is 23.5 Å². The van der Waals surface area contributed by atoms with Gasteiger partial charge in [-0.2, -0.15) is 0 Å². The first kappa shape index (κ1) is 14.0. The van der Waals surface area contributed by atoms with Gasteiger partial charge in [0.25, 0.3) is 0 Å². The van der Waals surface area contributed by atoms with E-state index >= 15 is 0 Å². The molecular formula is C14H18N2O2S. The molecule has 0 saturated carbocycles. The van der Waals surface area contributed by atoms with Crippen LogP contribution in [0, 0.1) is 0 Å². The molecule has 1 aromatic heterocycles. The van der Waals surface area contributed by atoms with Crippen molar-refractivity contribution in [2.45, 2.75) is 19.6 Å². The first-order chi connectivity index (χ1) is 9.17. The van der Waals surface area contributed by atoms with Gasteiger partial charge in [-0.1, -0.05) is 12.1 Å². The molecule has 0 aliphatic carbocycles. The molecule has 0 radical (unpaired) electrons. The SMILES string of the molecule is COCc1nc(-c2ccccc2OC)sc1C(C)N. The largest absolute Gasteiger partial charge is 0.496 e. The van der Waals surface area contributed by atoms with Crippen LogP contribution >= 0.6 is 11.3 Å². The molecule has 0 amide bonds. The fourth-order valence-electron chi connectivity index (χ4n) is 1.90. The van der Waals surface area contributed by atoms with Crippen molar-refractivity contribution in [3.8, 4) is 16.3 Å². The van der Waals surface area contributed by atoms with Crippen LogP contribution in [0.15, 0.2) is 24.3 Å². The summed E-state index contributed by atoms with van der Waals surface area (Å²) < 4.78 is 10.6. The van der Waals surface area contributed by atoms with Crippen LogP contribution in [-0.2, 0) is 11.3 Å². The maximum Gasteiger partial charge on any atom is 0.129 e. The molecule has 1 atom stereocenters. The molecule has 2 rings (SSSR count). The summed E-state index contributed by atoms with van der Waals surface area (Å²) in [7, 11) is 3.32. The van der Waals surface area contributed by atoms with E-state index in [0.29, 0.717) is 6.61 Å². The zero-order valence-electron chi connectivity index (χ0n) is 11.3. The van der Waals surface area contributed by atoms with Gasteiger partial charge >= 0.3 is 0 Å². The molecule has 0 spiro atoms. The van der Waals surface area contributed by atoms with E-state index in [0.717, 1.165) is 26.9 Å². The zero-order chi connectivity index (χ0) is 13.8. The Hall–Kier alpha value is -1.43. The lowest BCUT2D eigenvalue weighted by Crippen LogP contribution is -2.06. The Morgan fingerprint density at radius 3 is 2.68 bits per heavy atom. The predicted octanol–water partition coefficient (Wildman–Crippen LogP) is 2.98. The van der Waals surface area contributed by atoms with Crippen molar-refractivity contribution in [3.63, 3.8) is 0 Å². The summed E-state index contributed by atoms with van der Waals surface area (Å²) in [5.74, 6) is 0.816. The minimum absolute atomic E-state index is 0.0499. The Morgan fingerprint density at radius 1 is 1.32 bits per heavy atom. The smallest absolute Gasteiger partial charge is 0.129 e. The number of aromatic nitrogens is 1. The summed E-state index contributed by atoms with van der Waals surface area (Å²) in [6, 6.07) is 7.79. The lowest BCUT2D eigenvalue weighted by Gasteiger charge is -2.04. The molecule has 1 aromatic carbocycles. The highest BCUT2D eigenvalue weighted by Crippen LogP contribution is 2.36. The van der Waals surface area contributed by atoms with Crippen LogP contribution in [0.5, 0.6) is 5.75 Å². The van der Waals surface area contributed by atoms with Crippen LogP contribution < -0.4 is 10.5 Å². The minimum atomic E-state index is -0.0499. The van der Waals surface area contributed by atoms with Crippen molar-refractivity contribution in [2.75, 3.05) is 14.2 Å². The molecule has 0 aliphatic heterocycles. The number of hydrogen-bond donors (Lipinski definition) is 1. The molecule has 19 heavy (non-hydrogen) atoms. The first-order valence-electron chi connectivity index (χ1n) is 6.05. The first-order valence-corrected chi connectivity index (χ1v) is 6.86. The molecule has 2 aromatic rings. The van der Waals surface area contributed by atoms with Gasteiger partial charge < -0.3 is 15.2 Å². The van der Waals surface area contributed by atoms with Crippen molar-refractivity contribution in [3.05, 3.63) is 34.8 Å². The van der Waals surface area contributed by atoms with Crippen LogP contribution in [0.25, 0.3) is 10.6 Å². The monoisotopic (exact) mass is 278 g/mol. The van der Waals surface area contributed by atoms with Crippen molar-refractivity contribution in [2.24, 2.45) is 5.73 Å². The van der Waals surface area contributed by atoms with Gasteiger partial charge in [0, 0.05) is 18.0 Å². The normalized spacial score (nSPS) is 12.4. The summed E-state index contributed by atoms with van der Waals surface area (Å²) in [6.07, 6.45) is 0. The van der Waals surface area contributed by atoms with Gasteiger partial charge in [0.15, 0.2) is 0 Å². The fourth-order valence-corrected chi connectivity index (χ4v) is 2.95. The average Bonchev–Trinajstić information content (AvgIpc) is 2.83. The number of methoxy groups -OCH3 is 2. The summed E-state index contributed by atoms with van der Waals surface area (Å²) >= 11 is 1.59. The van der Waals surface area contributed by atoms with Gasteiger partial charge in [0.05, 0.1) is 25.0 Å². The molecule has 1 heterocycles. The second-order valence-corrected chi connectivity index (χ2v) is 5.28. The van der Waals surface area contributed by atoms with Crippen LogP contribution in [-0.4, -0.2) is 19.2 Å². The Balaban J connectivity index is 2.48. The zero-order valence-corrected chi connectivity index (χ0v) is 12.2. The van der Waals surface area contributed by atoms with E-state index in [2.05, 4.69) is 4.98 Å². The van der Waals surface area contributed by atoms with E-state index in [-0.39, 0.29) is 6.04 Å². The fraction of sp³-hybridized carbons (Fsp3) is 0.357. The van der Waals surface area contributed by atoms with Crippen LogP contribution in [0.3, 0.4) is 0 Å². The lowest BCUT2D eigenvalue weighted by molar-refractivity contribution is 0.181. The van der Waals surface area contributed by atoms with E-state index in [1.165, 1.54) is 0 Å². The number of ether oxygens (including phenoxy) is 2. The minimum Gasteiger partial charge on any atom is -0.496 e. The van der Waals surface area contributed by atoms with E-state index in [4.69, 9.17) is 15.2 Å². The quantitative estimate of drug-likeness (QED) is 0.913. The topological polar surface area (TPSA) is 57.4 Å². The Kier molecular flexibility index (Phi) is 4.52. The van der Waals surface area contributed by atoms with Crippen LogP contribution in [0.2, 0.25) is 0 Å². The third kappa shape index (κ3) is 2.94. The third-order valence-electron chi connectivity index (χ3n) is 2.76. The number of para-hydroxylation sites is 1. The van der Waals surface area contributed by atoms with Crippen molar-refractivity contribution in [1.82, 2.24) is 4.98 Å². The number of nitrogens with two attached hydrogens (primary N) is 1. The highest BCUT2D eigenvalue weighted by molar-refractivity contribution is 7.15. The maximum atomic E-state index is 5.99. The van der Waals surface area contributed by atoms with Crippen LogP contribution in [0.4, 0.5) is 0 Å². The average molecular weight is 278 g/mol. The predicted molar refractivity (Wildman–Crippen MR) is 77.4 cm³/mol. The van der Waals surface area contributed by atoms with Gasteiger partial charge in [0.1, 0.15) is 10.8 Å². The second-order valence-electron chi connectivity index (χ2n) is 4.25. The number of thiazole rings is 1. The molecule has 0 aliphatic rings. The summed E-state index contributed by atoms with van der Waals surface area (Å²) in [6.45, 7) is 2.43. The van der Waals surface area contributed by atoms with E-state index < -0.39 is 0 Å².